The van der Waals surface area contributed by atoms with Crippen molar-refractivity contribution in [1.29, 1.82) is 0 Å². The molecule has 5 rings (SSSR count). The second-order valence-corrected chi connectivity index (χ2v) is 9.10. The zero-order chi connectivity index (χ0) is 26.5. The van der Waals surface area contributed by atoms with Crippen LogP contribution < -0.4 is 4.90 Å². The summed E-state index contributed by atoms with van der Waals surface area (Å²) < 4.78 is 20.6. The fraction of sp³-hybridized carbons (Fsp3) is 0.233. The molecule has 0 spiro atoms. The Kier molecular flexibility index (Phi) is 7.49. The van der Waals surface area contributed by atoms with Crippen LogP contribution in [0, 0.1) is 5.82 Å². The normalized spacial score (nSPS) is 13.4. The highest BCUT2D eigenvalue weighted by Crippen LogP contribution is 2.28. The van der Waals surface area contributed by atoms with E-state index in [1.807, 2.05) is 59.5 Å². The summed E-state index contributed by atoms with van der Waals surface area (Å²) in [6, 6.07) is 25.5. The largest absolute Gasteiger partial charge is 0.461 e. The van der Waals surface area contributed by atoms with E-state index in [9.17, 15) is 14.0 Å². The van der Waals surface area contributed by atoms with E-state index in [1.54, 1.807) is 29.8 Å². The van der Waals surface area contributed by atoms with Crippen LogP contribution in [0.5, 0.6) is 0 Å². The van der Waals surface area contributed by atoms with Crippen LogP contribution in [0.3, 0.4) is 0 Å². The number of aromatic nitrogens is 2. The first kappa shape index (κ1) is 25.2. The van der Waals surface area contributed by atoms with Crippen LogP contribution in [0.25, 0.3) is 16.9 Å². The molecule has 2 heterocycles. The summed E-state index contributed by atoms with van der Waals surface area (Å²) in [5, 5.41) is 4.41. The van der Waals surface area contributed by atoms with Crippen LogP contribution >= 0.6 is 0 Å². The maximum absolute atomic E-state index is 14.0. The topological polar surface area (TPSA) is 67.7 Å². The Hall–Kier alpha value is -4.46. The molecule has 0 unspecified atom stereocenters. The molecule has 8 heteroatoms. The van der Waals surface area contributed by atoms with E-state index in [4.69, 9.17) is 4.74 Å². The fourth-order valence-corrected chi connectivity index (χ4v) is 4.64. The molecular weight excluding hydrogens is 483 g/mol. The smallest absolute Gasteiger partial charge is 0.358 e. The van der Waals surface area contributed by atoms with Crippen LogP contribution in [-0.4, -0.2) is 59.3 Å². The first-order chi connectivity index (χ1) is 18.5. The molecule has 0 bridgehead atoms. The summed E-state index contributed by atoms with van der Waals surface area (Å²) in [6.07, 6.45) is 0.419. The summed E-state index contributed by atoms with van der Waals surface area (Å²) in [4.78, 5) is 29.3. The number of anilines is 1. The van der Waals surface area contributed by atoms with Crippen molar-refractivity contribution >= 4 is 17.6 Å². The Morgan fingerprint density at radius 3 is 2.29 bits per heavy atom. The van der Waals surface area contributed by atoms with E-state index in [-0.39, 0.29) is 18.2 Å². The van der Waals surface area contributed by atoms with E-state index in [0.29, 0.717) is 30.9 Å². The van der Waals surface area contributed by atoms with Gasteiger partial charge in [-0.25, -0.2) is 13.9 Å². The number of hydrogen-bond acceptors (Lipinski definition) is 5. The summed E-state index contributed by atoms with van der Waals surface area (Å²) in [5.74, 6) is -0.771. The number of carbonyl (C=O) groups is 2. The van der Waals surface area contributed by atoms with Crippen LogP contribution in [-0.2, 0) is 16.0 Å². The molecule has 1 saturated heterocycles. The second kappa shape index (κ2) is 11.3. The van der Waals surface area contributed by atoms with Crippen LogP contribution in [0.15, 0.2) is 84.9 Å². The van der Waals surface area contributed by atoms with Gasteiger partial charge in [0.2, 0.25) is 5.91 Å². The molecule has 7 nitrogen and oxygen atoms in total. The number of halogens is 1. The second-order valence-electron chi connectivity index (χ2n) is 9.10. The van der Waals surface area contributed by atoms with Gasteiger partial charge in [0.25, 0.3) is 0 Å². The number of piperazine rings is 1. The van der Waals surface area contributed by atoms with Crippen LogP contribution in [0.1, 0.15) is 23.0 Å². The molecule has 38 heavy (non-hydrogen) atoms. The Labute approximate surface area is 221 Å². The molecule has 1 fully saturated rings. The monoisotopic (exact) mass is 512 g/mol. The van der Waals surface area contributed by atoms with Crippen molar-refractivity contribution < 1.29 is 18.7 Å². The van der Waals surface area contributed by atoms with E-state index in [2.05, 4.69) is 10.00 Å². The lowest BCUT2D eigenvalue weighted by molar-refractivity contribution is -0.130. The Morgan fingerprint density at radius 1 is 0.868 bits per heavy atom. The molecule has 194 valence electrons. The maximum atomic E-state index is 14.0. The summed E-state index contributed by atoms with van der Waals surface area (Å²) in [6.45, 7) is 4.80. The molecule has 0 aliphatic carbocycles. The molecular formula is C30H29FN4O3. The molecule has 1 aliphatic rings. The first-order valence-corrected chi connectivity index (χ1v) is 12.7. The zero-order valence-corrected chi connectivity index (χ0v) is 21.2. The molecule has 0 N–H and O–H groups in total. The molecule has 0 atom stereocenters. The van der Waals surface area contributed by atoms with Gasteiger partial charge in [0.15, 0.2) is 5.69 Å². The van der Waals surface area contributed by atoms with Crippen molar-refractivity contribution in [2.75, 3.05) is 37.7 Å². The van der Waals surface area contributed by atoms with E-state index >= 15 is 0 Å². The van der Waals surface area contributed by atoms with Crippen LogP contribution in [0.2, 0.25) is 0 Å². The first-order valence-electron chi connectivity index (χ1n) is 12.7. The van der Waals surface area contributed by atoms with Gasteiger partial charge in [-0.05, 0) is 48.9 Å². The lowest BCUT2D eigenvalue weighted by atomic mass is 10.1. The van der Waals surface area contributed by atoms with Gasteiger partial charge in [0, 0.05) is 37.4 Å². The van der Waals surface area contributed by atoms with Crippen LogP contribution in [0.4, 0.5) is 10.1 Å². The lowest BCUT2D eigenvalue weighted by Crippen LogP contribution is -2.49. The standard InChI is InChI=1S/C30H29FN4O3/c1-2-38-30(37)27-21-28(35(32-27)26-10-6-9-24(31)20-26)23-11-13-25(14-12-23)33-15-17-34(18-16-33)29(36)19-22-7-4-3-5-8-22/h3-14,20-21H,2,15-19H2,1H3. The molecule has 3 aromatic carbocycles. The van der Waals surface area contributed by atoms with Crippen molar-refractivity contribution in [1.82, 2.24) is 14.7 Å². The van der Waals surface area contributed by atoms with E-state index in [0.717, 1.165) is 29.9 Å². The van der Waals surface area contributed by atoms with Crippen molar-refractivity contribution in [3.63, 3.8) is 0 Å². The molecule has 4 aromatic rings. The van der Waals surface area contributed by atoms with Gasteiger partial charge in [-0.15, -0.1) is 0 Å². The molecule has 1 aromatic heterocycles. The van der Waals surface area contributed by atoms with Gasteiger partial charge in [0.1, 0.15) is 5.82 Å². The number of benzene rings is 3. The SMILES string of the molecule is CCOC(=O)c1cc(-c2ccc(N3CCN(C(=O)Cc4ccccc4)CC3)cc2)n(-c2cccc(F)c2)n1. The van der Waals surface area contributed by atoms with E-state index < -0.39 is 11.8 Å². The third kappa shape index (κ3) is 5.59. The predicted molar refractivity (Wildman–Crippen MR) is 144 cm³/mol. The van der Waals surface area contributed by atoms with Gasteiger partial charge in [-0.1, -0.05) is 48.5 Å². The lowest BCUT2D eigenvalue weighted by Gasteiger charge is -2.36. The molecule has 0 radical (unpaired) electrons. The third-order valence-electron chi connectivity index (χ3n) is 6.61. The number of rotatable bonds is 7. The van der Waals surface area contributed by atoms with Crippen molar-refractivity contribution in [3.05, 3.63) is 102 Å². The Balaban J connectivity index is 1.31. The Morgan fingerprint density at radius 2 is 1.61 bits per heavy atom. The summed E-state index contributed by atoms with van der Waals surface area (Å²) in [5.41, 5.74) is 4.23. The highest BCUT2D eigenvalue weighted by molar-refractivity contribution is 5.89. The van der Waals surface area contributed by atoms with Gasteiger partial charge in [-0.3, -0.25) is 4.79 Å². The Bertz CT molecular complexity index is 1410. The van der Waals surface area contributed by atoms with Crippen molar-refractivity contribution in [2.24, 2.45) is 0 Å². The van der Waals surface area contributed by atoms with E-state index in [1.165, 1.54) is 12.1 Å². The van der Waals surface area contributed by atoms with Gasteiger partial charge in [-0.2, -0.15) is 5.10 Å². The predicted octanol–water partition coefficient (Wildman–Crippen LogP) is 4.75. The van der Waals surface area contributed by atoms with Crippen molar-refractivity contribution in [2.45, 2.75) is 13.3 Å². The third-order valence-corrected chi connectivity index (χ3v) is 6.61. The average molecular weight is 513 g/mol. The minimum absolute atomic E-state index is 0.147. The van der Waals surface area contributed by atoms with Crippen molar-refractivity contribution in [3.8, 4) is 16.9 Å². The van der Waals surface area contributed by atoms with Gasteiger partial charge >= 0.3 is 5.97 Å². The molecule has 1 amide bonds. The average Bonchev–Trinajstić information content (AvgIpc) is 3.40. The molecule has 0 saturated carbocycles. The maximum Gasteiger partial charge on any atom is 0.358 e. The number of hydrogen-bond donors (Lipinski definition) is 0. The minimum Gasteiger partial charge on any atom is -0.461 e. The number of esters is 1. The fourth-order valence-electron chi connectivity index (χ4n) is 4.64. The summed E-state index contributed by atoms with van der Waals surface area (Å²) in [7, 11) is 0. The zero-order valence-electron chi connectivity index (χ0n) is 21.2. The number of carbonyl (C=O) groups excluding carboxylic acids is 2. The van der Waals surface area contributed by atoms with Gasteiger partial charge in [0.05, 0.1) is 24.4 Å². The quantitative estimate of drug-likeness (QED) is 0.335. The summed E-state index contributed by atoms with van der Waals surface area (Å²) >= 11 is 0. The van der Waals surface area contributed by atoms with Gasteiger partial charge < -0.3 is 14.5 Å². The highest BCUT2D eigenvalue weighted by atomic mass is 19.1. The number of nitrogens with zero attached hydrogens (tertiary/aromatic N) is 4. The number of ether oxygens (including phenoxy) is 1. The minimum atomic E-state index is -0.528. The number of amides is 1. The molecule has 1 aliphatic heterocycles. The highest BCUT2D eigenvalue weighted by Gasteiger charge is 2.22.